The molecule has 1 aromatic carbocycles. The van der Waals surface area contributed by atoms with Crippen LogP contribution >= 0.6 is 0 Å². The molecule has 1 aliphatic rings. The number of halogens is 3. The average molecular weight is 245 g/mol. The third-order valence-electron chi connectivity index (χ3n) is 3.06. The van der Waals surface area contributed by atoms with Gasteiger partial charge in [0.15, 0.2) is 0 Å². The van der Waals surface area contributed by atoms with Crippen LogP contribution in [0.25, 0.3) is 0 Å². The molecule has 1 saturated heterocycles. The van der Waals surface area contributed by atoms with E-state index in [0.717, 1.165) is 18.6 Å². The second kappa shape index (κ2) is 4.66. The summed E-state index contributed by atoms with van der Waals surface area (Å²) in [6.45, 7) is 0.990. The van der Waals surface area contributed by atoms with Gasteiger partial charge in [0.25, 0.3) is 0 Å². The largest absolute Gasteiger partial charge is 0.416 e. The maximum Gasteiger partial charge on any atom is 0.416 e. The molecule has 17 heavy (non-hydrogen) atoms. The van der Waals surface area contributed by atoms with E-state index in [1.54, 1.807) is 6.07 Å². The van der Waals surface area contributed by atoms with Crippen molar-refractivity contribution < 1.29 is 17.9 Å². The molecule has 1 aromatic rings. The molecule has 0 bridgehead atoms. The molecule has 5 heteroatoms. The highest BCUT2D eigenvalue weighted by Crippen LogP contribution is 2.36. The standard InChI is InChI=1S/C12H14F3NO/c13-12(14,15)10-3-1-2-8(6-10)11-9(7-16)4-5-17-11/h1-3,6,9,11H,4-5,7,16H2. The predicted octanol–water partition coefficient (Wildman–Crippen LogP) is 2.74. The minimum absolute atomic E-state index is 0.110. The van der Waals surface area contributed by atoms with Crippen LogP contribution < -0.4 is 5.73 Å². The third-order valence-corrected chi connectivity index (χ3v) is 3.06. The number of rotatable bonds is 2. The van der Waals surface area contributed by atoms with Gasteiger partial charge in [-0.15, -0.1) is 0 Å². The summed E-state index contributed by atoms with van der Waals surface area (Å²) in [7, 11) is 0. The Morgan fingerprint density at radius 2 is 2.12 bits per heavy atom. The van der Waals surface area contributed by atoms with Crippen LogP contribution in [-0.2, 0) is 10.9 Å². The van der Waals surface area contributed by atoms with Crippen LogP contribution in [0.1, 0.15) is 23.7 Å². The predicted molar refractivity (Wildman–Crippen MR) is 57.3 cm³/mol. The summed E-state index contributed by atoms with van der Waals surface area (Å²) >= 11 is 0. The molecule has 2 rings (SSSR count). The fourth-order valence-electron chi connectivity index (χ4n) is 2.14. The Kier molecular flexibility index (Phi) is 3.40. The second-order valence-corrected chi connectivity index (χ2v) is 4.20. The molecule has 94 valence electrons. The van der Waals surface area contributed by atoms with Gasteiger partial charge >= 0.3 is 6.18 Å². The maximum atomic E-state index is 12.6. The lowest BCUT2D eigenvalue weighted by atomic mass is 9.94. The molecule has 1 fully saturated rings. The van der Waals surface area contributed by atoms with Gasteiger partial charge in [-0.1, -0.05) is 12.1 Å². The molecule has 2 N–H and O–H groups in total. The lowest BCUT2D eigenvalue weighted by molar-refractivity contribution is -0.137. The van der Waals surface area contributed by atoms with Crippen molar-refractivity contribution in [1.82, 2.24) is 0 Å². The monoisotopic (exact) mass is 245 g/mol. The van der Waals surface area contributed by atoms with Crippen molar-refractivity contribution >= 4 is 0 Å². The highest BCUT2D eigenvalue weighted by atomic mass is 19.4. The Labute approximate surface area is 97.6 Å². The van der Waals surface area contributed by atoms with Crippen LogP contribution in [0.5, 0.6) is 0 Å². The lowest BCUT2D eigenvalue weighted by Gasteiger charge is -2.18. The SMILES string of the molecule is NCC1CCOC1c1cccc(C(F)(F)F)c1. The normalized spacial score (nSPS) is 25.2. The van der Waals surface area contributed by atoms with Crippen LogP contribution in [0.2, 0.25) is 0 Å². The highest BCUT2D eigenvalue weighted by Gasteiger charge is 2.33. The van der Waals surface area contributed by atoms with Gasteiger partial charge in [0.05, 0.1) is 11.7 Å². The number of hydrogen-bond acceptors (Lipinski definition) is 2. The van der Waals surface area contributed by atoms with Crippen molar-refractivity contribution in [2.45, 2.75) is 18.7 Å². The summed E-state index contributed by atoms with van der Waals surface area (Å²) in [5.41, 5.74) is 5.51. The molecule has 1 aliphatic heterocycles. The van der Waals surface area contributed by atoms with E-state index in [1.165, 1.54) is 6.07 Å². The smallest absolute Gasteiger partial charge is 0.373 e. The highest BCUT2D eigenvalue weighted by molar-refractivity contribution is 5.28. The fraction of sp³-hybridized carbons (Fsp3) is 0.500. The Balaban J connectivity index is 2.27. The van der Waals surface area contributed by atoms with Crippen LogP contribution in [-0.4, -0.2) is 13.2 Å². The minimum atomic E-state index is -4.31. The summed E-state index contributed by atoms with van der Waals surface area (Å²) in [6, 6.07) is 5.29. The van der Waals surface area contributed by atoms with E-state index in [1.807, 2.05) is 0 Å². The van der Waals surface area contributed by atoms with E-state index in [-0.39, 0.29) is 12.0 Å². The summed E-state index contributed by atoms with van der Waals surface area (Å²) in [5.74, 6) is 0.110. The molecule has 0 aromatic heterocycles. The van der Waals surface area contributed by atoms with Crippen LogP contribution in [0.4, 0.5) is 13.2 Å². The summed E-state index contributed by atoms with van der Waals surface area (Å²) in [5, 5.41) is 0. The van der Waals surface area contributed by atoms with E-state index in [9.17, 15) is 13.2 Å². The quantitative estimate of drug-likeness (QED) is 0.869. The average Bonchev–Trinajstić information content (AvgIpc) is 2.76. The van der Waals surface area contributed by atoms with Gasteiger partial charge in [0.1, 0.15) is 0 Å². The first kappa shape index (κ1) is 12.4. The van der Waals surface area contributed by atoms with Crippen molar-refractivity contribution in [2.24, 2.45) is 11.7 Å². The fourth-order valence-corrected chi connectivity index (χ4v) is 2.14. The first-order valence-electron chi connectivity index (χ1n) is 5.51. The first-order valence-corrected chi connectivity index (χ1v) is 5.51. The van der Waals surface area contributed by atoms with Gasteiger partial charge in [-0.2, -0.15) is 13.2 Å². The van der Waals surface area contributed by atoms with Gasteiger partial charge in [-0.25, -0.2) is 0 Å². The van der Waals surface area contributed by atoms with E-state index >= 15 is 0 Å². The molecule has 2 nitrogen and oxygen atoms in total. The zero-order valence-corrected chi connectivity index (χ0v) is 9.20. The molecular weight excluding hydrogens is 231 g/mol. The Hall–Kier alpha value is -1.07. The minimum Gasteiger partial charge on any atom is -0.373 e. The second-order valence-electron chi connectivity index (χ2n) is 4.20. The topological polar surface area (TPSA) is 35.2 Å². The van der Waals surface area contributed by atoms with Gasteiger partial charge < -0.3 is 10.5 Å². The lowest BCUT2D eigenvalue weighted by Crippen LogP contribution is -2.18. The number of benzene rings is 1. The molecule has 1 heterocycles. The molecular formula is C12H14F3NO. The van der Waals surface area contributed by atoms with Crippen molar-refractivity contribution in [3.63, 3.8) is 0 Å². The zero-order chi connectivity index (χ0) is 12.5. The molecule has 0 radical (unpaired) electrons. The van der Waals surface area contributed by atoms with E-state index in [2.05, 4.69) is 0 Å². The summed E-state index contributed by atoms with van der Waals surface area (Å²) in [4.78, 5) is 0. The number of alkyl halides is 3. The van der Waals surface area contributed by atoms with Gasteiger partial charge in [0, 0.05) is 12.5 Å². The van der Waals surface area contributed by atoms with E-state index in [0.29, 0.717) is 18.7 Å². The van der Waals surface area contributed by atoms with Crippen molar-refractivity contribution in [2.75, 3.05) is 13.2 Å². The van der Waals surface area contributed by atoms with Gasteiger partial charge in [-0.05, 0) is 30.7 Å². The van der Waals surface area contributed by atoms with Gasteiger partial charge in [-0.3, -0.25) is 0 Å². The Bertz CT molecular complexity index is 392. The van der Waals surface area contributed by atoms with Crippen LogP contribution in [0.15, 0.2) is 24.3 Å². The molecule has 2 unspecified atom stereocenters. The number of ether oxygens (including phenoxy) is 1. The molecule has 0 aliphatic carbocycles. The van der Waals surface area contributed by atoms with Crippen molar-refractivity contribution in [3.05, 3.63) is 35.4 Å². The van der Waals surface area contributed by atoms with E-state index < -0.39 is 11.7 Å². The summed E-state index contributed by atoms with van der Waals surface area (Å²) < 4.78 is 43.2. The van der Waals surface area contributed by atoms with Gasteiger partial charge in [0.2, 0.25) is 0 Å². The first-order chi connectivity index (χ1) is 8.02. The summed E-state index contributed by atoms with van der Waals surface area (Å²) in [6.07, 6.45) is -3.81. The van der Waals surface area contributed by atoms with Crippen molar-refractivity contribution in [3.8, 4) is 0 Å². The van der Waals surface area contributed by atoms with Crippen LogP contribution in [0, 0.1) is 5.92 Å². The Morgan fingerprint density at radius 1 is 1.35 bits per heavy atom. The van der Waals surface area contributed by atoms with Crippen LogP contribution in [0.3, 0.4) is 0 Å². The number of nitrogens with two attached hydrogens (primary N) is 1. The number of hydrogen-bond donors (Lipinski definition) is 1. The molecule has 2 atom stereocenters. The third kappa shape index (κ3) is 2.61. The molecule has 0 amide bonds. The van der Waals surface area contributed by atoms with E-state index in [4.69, 9.17) is 10.5 Å². The zero-order valence-electron chi connectivity index (χ0n) is 9.20. The maximum absolute atomic E-state index is 12.6. The molecule has 0 saturated carbocycles. The van der Waals surface area contributed by atoms with Crippen molar-refractivity contribution in [1.29, 1.82) is 0 Å². The Morgan fingerprint density at radius 3 is 2.76 bits per heavy atom. The molecule has 0 spiro atoms.